The molecule has 1 aliphatic carbocycles. The molecule has 0 saturated carbocycles. The maximum atomic E-state index is 14.0. The average molecular weight is 857 g/mol. The normalized spacial score (nSPS) is 19.4. The van der Waals surface area contributed by atoms with E-state index < -0.39 is 0 Å². The highest BCUT2D eigenvalue weighted by Crippen LogP contribution is 2.41. The van der Waals surface area contributed by atoms with Crippen LogP contribution < -0.4 is 24.9 Å². The van der Waals surface area contributed by atoms with Gasteiger partial charge in [-0.05, 0) is 115 Å². The first-order valence-corrected chi connectivity index (χ1v) is 23.1. The number of aromatic nitrogens is 4. The Balaban J connectivity index is 0.703. The Morgan fingerprint density at radius 3 is 2.20 bits per heavy atom. The van der Waals surface area contributed by atoms with Crippen LogP contribution in [0.2, 0.25) is 0 Å². The van der Waals surface area contributed by atoms with E-state index in [4.69, 9.17) is 4.98 Å². The zero-order valence-electron chi connectivity index (χ0n) is 37.1. The summed E-state index contributed by atoms with van der Waals surface area (Å²) in [6.07, 6.45) is 6.34. The Bertz CT molecular complexity index is 2770. The van der Waals surface area contributed by atoms with Gasteiger partial charge >= 0.3 is 6.03 Å². The highest BCUT2D eigenvalue weighted by Gasteiger charge is 2.37. The van der Waals surface area contributed by atoms with Crippen molar-refractivity contribution in [3.05, 3.63) is 108 Å². The van der Waals surface area contributed by atoms with Gasteiger partial charge in [0.2, 0.25) is 5.91 Å². The first-order valence-electron chi connectivity index (χ1n) is 23.1. The van der Waals surface area contributed by atoms with Gasteiger partial charge in [-0.2, -0.15) is 0 Å². The van der Waals surface area contributed by atoms with E-state index in [1.807, 2.05) is 23.1 Å². The van der Waals surface area contributed by atoms with Crippen LogP contribution in [0.15, 0.2) is 85.2 Å². The summed E-state index contributed by atoms with van der Waals surface area (Å²) in [5, 5.41) is 3.36. The standard InChI is InChI=1S/C51H56N10O3/c1-33-40(5-4-6-43(33)61-26-25-60-44(49(61)63)27-36-29-51(2,3)30-45(36)60)47-41-28-42(54-48(41)53-32-52-47)35-7-9-37(10-8-35)58-23-21-56(22-24-58)31-34-15-18-57(19-16-34)38-11-13-39(14-12-38)59-20-17-46(62)55-50(59)64/h4-14,27-28,32,34H,15-26,29-31H2,1-3H3,(H,52,53,54)(H,55,62,64). The van der Waals surface area contributed by atoms with Gasteiger partial charge in [-0.1, -0.05) is 38.1 Å². The minimum Gasteiger partial charge on any atom is -0.372 e. The van der Waals surface area contributed by atoms with Gasteiger partial charge in [0, 0.05) is 117 Å². The third-order valence-corrected chi connectivity index (χ3v) is 14.5. The molecule has 5 aliphatic rings. The number of hydrogen-bond acceptors (Lipinski definition) is 8. The van der Waals surface area contributed by atoms with Crippen molar-refractivity contribution in [2.24, 2.45) is 11.3 Å². The number of piperazine rings is 1. The highest BCUT2D eigenvalue weighted by atomic mass is 16.2. The molecule has 3 saturated heterocycles. The topological polar surface area (TPSA) is 126 Å². The number of carbonyl (C=O) groups is 3. The molecule has 6 aromatic rings. The van der Waals surface area contributed by atoms with Crippen molar-refractivity contribution in [3.63, 3.8) is 0 Å². The number of aromatic amines is 1. The predicted octanol–water partition coefficient (Wildman–Crippen LogP) is 7.67. The molecular formula is C51H56N10O3. The average Bonchev–Trinajstić information content (AvgIpc) is 3.98. The number of hydrogen-bond donors (Lipinski definition) is 2. The summed E-state index contributed by atoms with van der Waals surface area (Å²) in [6, 6.07) is 27.2. The molecule has 11 rings (SSSR count). The van der Waals surface area contributed by atoms with E-state index in [9.17, 15) is 14.4 Å². The molecule has 13 nitrogen and oxygen atoms in total. The Kier molecular flexibility index (Phi) is 10.0. The molecule has 0 radical (unpaired) electrons. The number of nitrogens with one attached hydrogen (secondary N) is 2. The van der Waals surface area contributed by atoms with Crippen molar-refractivity contribution in [2.45, 2.75) is 59.4 Å². The molecule has 0 unspecified atom stereocenters. The fourth-order valence-corrected chi connectivity index (χ4v) is 11.1. The third kappa shape index (κ3) is 7.38. The number of fused-ring (bicyclic) bond motifs is 4. The van der Waals surface area contributed by atoms with Crippen LogP contribution in [0.5, 0.6) is 0 Å². The summed E-state index contributed by atoms with van der Waals surface area (Å²) in [4.78, 5) is 62.0. The van der Waals surface area contributed by atoms with E-state index >= 15 is 0 Å². The fourth-order valence-electron chi connectivity index (χ4n) is 11.1. The summed E-state index contributed by atoms with van der Waals surface area (Å²) in [5.41, 5.74) is 13.7. The van der Waals surface area contributed by atoms with Crippen molar-refractivity contribution >= 4 is 51.6 Å². The molecule has 2 N–H and O–H groups in total. The maximum Gasteiger partial charge on any atom is 0.328 e. The summed E-state index contributed by atoms with van der Waals surface area (Å²) in [5.74, 6) is 0.545. The Labute approximate surface area is 374 Å². The molecule has 13 heteroatoms. The Morgan fingerprint density at radius 2 is 1.45 bits per heavy atom. The van der Waals surface area contributed by atoms with Gasteiger partial charge in [0.25, 0.3) is 5.91 Å². The maximum absolute atomic E-state index is 14.0. The van der Waals surface area contributed by atoms with Gasteiger partial charge in [0.05, 0.1) is 5.69 Å². The number of nitrogens with zero attached hydrogens (tertiary/aromatic N) is 8. The van der Waals surface area contributed by atoms with E-state index in [2.05, 4.69) is 116 Å². The number of amides is 4. The highest BCUT2D eigenvalue weighted by molar-refractivity contribution is 6.08. The Morgan fingerprint density at radius 1 is 0.734 bits per heavy atom. The van der Waals surface area contributed by atoms with Crippen LogP contribution in [0.3, 0.4) is 0 Å². The van der Waals surface area contributed by atoms with Crippen LogP contribution in [0.1, 0.15) is 60.4 Å². The SMILES string of the molecule is Cc1c(-c2ncnc3[nH]c(-c4ccc(N5CCN(CC6CCN(c7ccc(N8CCC(=O)NC8=O)cc7)CC6)CC5)cc4)cc23)cccc1N1CCn2c(cc3c2CC(C)(C)C3)C1=O. The molecule has 7 heterocycles. The number of benzene rings is 3. The van der Waals surface area contributed by atoms with Gasteiger partial charge in [-0.15, -0.1) is 0 Å². The number of H-pyrrole nitrogens is 1. The summed E-state index contributed by atoms with van der Waals surface area (Å²) >= 11 is 0. The van der Waals surface area contributed by atoms with Crippen molar-refractivity contribution < 1.29 is 14.4 Å². The molecule has 4 amide bonds. The third-order valence-electron chi connectivity index (χ3n) is 14.5. The van der Waals surface area contributed by atoms with E-state index in [-0.39, 0.29) is 23.3 Å². The summed E-state index contributed by atoms with van der Waals surface area (Å²) < 4.78 is 2.27. The number of anilines is 4. The number of piperidine rings is 1. The van der Waals surface area contributed by atoms with E-state index in [0.717, 1.165) is 121 Å². The molecule has 3 aromatic carbocycles. The zero-order chi connectivity index (χ0) is 43.7. The summed E-state index contributed by atoms with van der Waals surface area (Å²) in [6.45, 7) is 15.9. The van der Waals surface area contributed by atoms with Gasteiger partial charge in [-0.3, -0.25) is 24.7 Å². The first kappa shape index (κ1) is 40.3. The second-order valence-corrected chi connectivity index (χ2v) is 19.3. The van der Waals surface area contributed by atoms with Gasteiger partial charge in [0.1, 0.15) is 17.7 Å². The molecular weight excluding hydrogens is 801 g/mol. The number of rotatable bonds is 8. The van der Waals surface area contributed by atoms with E-state index in [1.54, 1.807) is 11.2 Å². The van der Waals surface area contributed by atoms with Crippen molar-refractivity contribution in [2.75, 3.05) is 78.5 Å². The number of imide groups is 1. The predicted molar refractivity (Wildman–Crippen MR) is 252 cm³/mol. The largest absolute Gasteiger partial charge is 0.372 e. The van der Waals surface area contributed by atoms with Crippen LogP contribution >= 0.6 is 0 Å². The second-order valence-electron chi connectivity index (χ2n) is 19.3. The number of carbonyl (C=O) groups excluding carboxylic acids is 3. The lowest BCUT2D eigenvalue weighted by Crippen LogP contribution is -2.49. The molecule has 0 bridgehead atoms. The molecule has 328 valence electrons. The monoisotopic (exact) mass is 856 g/mol. The first-order chi connectivity index (χ1) is 31.0. The lowest BCUT2D eigenvalue weighted by atomic mass is 9.90. The lowest BCUT2D eigenvalue weighted by Gasteiger charge is -2.40. The van der Waals surface area contributed by atoms with Crippen LogP contribution in [-0.2, 0) is 24.2 Å². The fraction of sp³-hybridized carbons (Fsp3) is 0.392. The van der Waals surface area contributed by atoms with E-state index in [1.165, 1.54) is 35.5 Å². The van der Waals surface area contributed by atoms with Crippen LogP contribution in [0.4, 0.5) is 27.5 Å². The smallest absolute Gasteiger partial charge is 0.328 e. The quantitative estimate of drug-likeness (QED) is 0.160. The van der Waals surface area contributed by atoms with Crippen LogP contribution in [0, 0.1) is 18.3 Å². The van der Waals surface area contributed by atoms with Crippen molar-refractivity contribution in [1.82, 2.24) is 29.7 Å². The van der Waals surface area contributed by atoms with Gasteiger partial charge in [0.15, 0.2) is 0 Å². The molecule has 0 spiro atoms. The van der Waals surface area contributed by atoms with Crippen LogP contribution in [-0.4, -0.2) is 101 Å². The molecule has 4 aliphatic heterocycles. The molecule has 3 fully saturated rings. The van der Waals surface area contributed by atoms with Gasteiger partial charge < -0.3 is 24.3 Å². The van der Waals surface area contributed by atoms with E-state index in [0.29, 0.717) is 25.4 Å². The van der Waals surface area contributed by atoms with Gasteiger partial charge in [-0.25, -0.2) is 14.8 Å². The minimum atomic E-state index is -0.345. The molecule has 64 heavy (non-hydrogen) atoms. The second kappa shape index (κ2) is 16.0. The molecule has 3 aromatic heterocycles. The summed E-state index contributed by atoms with van der Waals surface area (Å²) in [7, 11) is 0. The minimum absolute atomic E-state index is 0.0720. The lowest BCUT2D eigenvalue weighted by molar-refractivity contribution is -0.120. The van der Waals surface area contributed by atoms with Crippen LogP contribution in [0.25, 0.3) is 33.5 Å². The van der Waals surface area contributed by atoms with Crippen molar-refractivity contribution in [1.29, 1.82) is 0 Å². The number of urea groups is 1. The van der Waals surface area contributed by atoms with Crippen molar-refractivity contribution in [3.8, 4) is 22.5 Å². The molecule has 0 atom stereocenters. The zero-order valence-corrected chi connectivity index (χ0v) is 37.1. The Hall–Kier alpha value is -6.47.